The summed E-state index contributed by atoms with van der Waals surface area (Å²) in [5.41, 5.74) is 4.93. The molecule has 0 aliphatic rings. The van der Waals surface area contributed by atoms with Gasteiger partial charge in [-0.3, -0.25) is 9.59 Å². The molecule has 0 heterocycles. The van der Waals surface area contributed by atoms with Gasteiger partial charge in [0.2, 0.25) is 11.8 Å². The Morgan fingerprint density at radius 2 is 1.64 bits per heavy atom. The number of carbonyl (C=O) groups excluding carboxylic acids is 2. The molecule has 0 aromatic heterocycles. The smallest absolute Gasteiger partial charge is 0.243 e. The zero-order chi connectivity index (χ0) is 26.2. The highest BCUT2D eigenvalue weighted by molar-refractivity contribution is 6.35. The molecular formula is C30H34Cl2N2O2. The Hall–Kier alpha value is -2.82. The molecular weight excluding hydrogens is 491 g/mol. The van der Waals surface area contributed by atoms with Crippen LogP contribution in [0.1, 0.15) is 48.1 Å². The van der Waals surface area contributed by atoms with Gasteiger partial charge in [0.1, 0.15) is 6.04 Å². The third kappa shape index (κ3) is 7.59. The second-order valence-electron chi connectivity index (χ2n) is 9.38. The van der Waals surface area contributed by atoms with E-state index in [1.165, 1.54) is 5.56 Å². The Labute approximate surface area is 224 Å². The van der Waals surface area contributed by atoms with E-state index < -0.39 is 6.04 Å². The summed E-state index contributed by atoms with van der Waals surface area (Å²) in [4.78, 5) is 29.1. The standard InChI is InChI=1S/C30H34Cl2N2O2/c1-5-22(4)33-30(36)28(16-23-9-7-6-8-10-23)34(19-25-13-14-26(31)18-27(25)32)29(35)17-24-12-11-20(2)21(3)15-24/h6-15,18,22,28H,5,16-17,19H2,1-4H3,(H,33,36)/t22-,28-/m0/s1. The summed E-state index contributed by atoms with van der Waals surface area (Å²) in [5.74, 6) is -0.309. The van der Waals surface area contributed by atoms with Crippen molar-refractivity contribution in [3.63, 3.8) is 0 Å². The summed E-state index contributed by atoms with van der Waals surface area (Å²) >= 11 is 12.6. The van der Waals surface area contributed by atoms with Crippen molar-refractivity contribution in [2.75, 3.05) is 0 Å². The van der Waals surface area contributed by atoms with Gasteiger partial charge >= 0.3 is 0 Å². The third-order valence-corrected chi connectivity index (χ3v) is 7.14. The summed E-state index contributed by atoms with van der Waals surface area (Å²) < 4.78 is 0. The Kier molecular flexibility index (Phi) is 9.98. The van der Waals surface area contributed by atoms with Gasteiger partial charge in [0.15, 0.2) is 0 Å². The van der Waals surface area contributed by atoms with Crippen LogP contribution in [0.4, 0.5) is 0 Å². The van der Waals surface area contributed by atoms with Gasteiger partial charge < -0.3 is 10.2 Å². The predicted octanol–water partition coefficient (Wildman–Crippen LogP) is 6.71. The molecule has 2 amide bonds. The second-order valence-corrected chi connectivity index (χ2v) is 10.2. The molecule has 0 aliphatic carbocycles. The molecule has 190 valence electrons. The summed E-state index contributed by atoms with van der Waals surface area (Å²) in [5, 5.41) is 4.07. The van der Waals surface area contributed by atoms with Gasteiger partial charge in [0.25, 0.3) is 0 Å². The van der Waals surface area contributed by atoms with Crippen LogP contribution in [0.2, 0.25) is 10.0 Å². The molecule has 3 aromatic carbocycles. The lowest BCUT2D eigenvalue weighted by molar-refractivity contribution is -0.141. The average Bonchev–Trinajstić information content (AvgIpc) is 2.85. The number of aryl methyl sites for hydroxylation is 2. The lowest BCUT2D eigenvalue weighted by atomic mass is 10.00. The molecule has 3 aromatic rings. The molecule has 0 fully saturated rings. The van der Waals surface area contributed by atoms with Crippen LogP contribution in [0.3, 0.4) is 0 Å². The highest BCUT2D eigenvalue weighted by Crippen LogP contribution is 2.25. The van der Waals surface area contributed by atoms with Gasteiger partial charge in [-0.1, -0.05) is 84.7 Å². The van der Waals surface area contributed by atoms with E-state index in [9.17, 15) is 9.59 Å². The van der Waals surface area contributed by atoms with Crippen molar-refractivity contribution in [3.8, 4) is 0 Å². The monoisotopic (exact) mass is 524 g/mol. The van der Waals surface area contributed by atoms with Gasteiger partial charge in [0.05, 0.1) is 6.42 Å². The minimum atomic E-state index is -0.702. The molecule has 1 N–H and O–H groups in total. The maximum atomic E-state index is 13.9. The number of hydrogen-bond donors (Lipinski definition) is 1. The van der Waals surface area contributed by atoms with Gasteiger partial charge in [-0.2, -0.15) is 0 Å². The first-order valence-corrected chi connectivity index (χ1v) is 13.1. The van der Waals surface area contributed by atoms with Crippen molar-refractivity contribution in [2.45, 2.75) is 65.6 Å². The number of nitrogens with one attached hydrogen (secondary N) is 1. The number of rotatable bonds is 10. The van der Waals surface area contributed by atoms with Crippen molar-refractivity contribution in [2.24, 2.45) is 0 Å². The first-order valence-electron chi connectivity index (χ1n) is 12.3. The number of amides is 2. The highest BCUT2D eigenvalue weighted by Gasteiger charge is 2.31. The van der Waals surface area contributed by atoms with Crippen molar-refractivity contribution in [1.82, 2.24) is 10.2 Å². The fourth-order valence-corrected chi connectivity index (χ4v) is 4.49. The molecule has 0 saturated carbocycles. The number of hydrogen-bond acceptors (Lipinski definition) is 2. The van der Waals surface area contributed by atoms with Crippen molar-refractivity contribution < 1.29 is 9.59 Å². The van der Waals surface area contributed by atoms with Crippen molar-refractivity contribution in [1.29, 1.82) is 0 Å². The van der Waals surface area contributed by atoms with Crippen LogP contribution in [0.15, 0.2) is 66.7 Å². The molecule has 3 rings (SSSR count). The van der Waals surface area contributed by atoms with Crippen molar-refractivity contribution in [3.05, 3.63) is 105 Å². The number of carbonyl (C=O) groups is 2. The van der Waals surface area contributed by atoms with E-state index in [1.807, 2.05) is 82.3 Å². The zero-order valence-corrected chi connectivity index (χ0v) is 22.9. The van der Waals surface area contributed by atoms with Crippen LogP contribution in [-0.2, 0) is 29.0 Å². The first kappa shape index (κ1) is 27.8. The average molecular weight is 526 g/mol. The van der Waals surface area contributed by atoms with E-state index in [0.29, 0.717) is 16.5 Å². The lowest BCUT2D eigenvalue weighted by Crippen LogP contribution is -2.52. The van der Waals surface area contributed by atoms with E-state index in [4.69, 9.17) is 23.2 Å². The summed E-state index contributed by atoms with van der Waals surface area (Å²) in [6.45, 7) is 8.27. The summed E-state index contributed by atoms with van der Waals surface area (Å²) in [7, 11) is 0. The number of benzene rings is 3. The maximum absolute atomic E-state index is 13.9. The molecule has 0 bridgehead atoms. The van der Waals surface area contributed by atoms with Crippen LogP contribution >= 0.6 is 23.2 Å². The Bertz CT molecular complexity index is 1200. The second kappa shape index (κ2) is 12.9. The largest absolute Gasteiger partial charge is 0.352 e. The minimum absolute atomic E-state index is 0.00778. The molecule has 0 radical (unpaired) electrons. The van der Waals surface area contributed by atoms with Gasteiger partial charge in [-0.25, -0.2) is 0 Å². The van der Waals surface area contributed by atoms with Crippen LogP contribution in [0, 0.1) is 13.8 Å². The number of nitrogens with zero attached hydrogens (tertiary/aromatic N) is 1. The first-order chi connectivity index (χ1) is 17.2. The molecule has 0 saturated heterocycles. The maximum Gasteiger partial charge on any atom is 0.243 e. The Morgan fingerprint density at radius 1 is 0.917 bits per heavy atom. The fraction of sp³-hybridized carbons (Fsp3) is 0.333. The highest BCUT2D eigenvalue weighted by atomic mass is 35.5. The van der Waals surface area contributed by atoms with E-state index >= 15 is 0 Å². The topological polar surface area (TPSA) is 49.4 Å². The molecule has 36 heavy (non-hydrogen) atoms. The van der Waals surface area contributed by atoms with Crippen LogP contribution < -0.4 is 5.32 Å². The zero-order valence-electron chi connectivity index (χ0n) is 21.4. The Balaban J connectivity index is 2.01. The van der Waals surface area contributed by atoms with E-state index in [1.54, 1.807) is 17.0 Å². The van der Waals surface area contributed by atoms with Crippen molar-refractivity contribution >= 4 is 35.0 Å². The molecule has 2 atom stereocenters. The summed E-state index contributed by atoms with van der Waals surface area (Å²) in [6.07, 6.45) is 1.38. The lowest BCUT2D eigenvalue weighted by Gasteiger charge is -2.32. The van der Waals surface area contributed by atoms with Crippen LogP contribution in [0.5, 0.6) is 0 Å². The van der Waals surface area contributed by atoms with Crippen LogP contribution in [0.25, 0.3) is 0 Å². The SMILES string of the molecule is CC[C@H](C)NC(=O)[C@H](Cc1ccccc1)N(Cc1ccc(Cl)cc1Cl)C(=O)Cc1ccc(C)c(C)c1. The van der Waals surface area contributed by atoms with Gasteiger partial charge in [-0.15, -0.1) is 0 Å². The quantitative estimate of drug-likeness (QED) is 0.320. The fourth-order valence-electron chi connectivity index (χ4n) is 4.02. The molecule has 6 heteroatoms. The molecule has 0 spiro atoms. The van der Waals surface area contributed by atoms with Gasteiger partial charge in [-0.05, 0) is 67.1 Å². The summed E-state index contributed by atoms with van der Waals surface area (Å²) in [6, 6.07) is 20.3. The van der Waals surface area contributed by atoms with Gasteiger partial charge in [0, 0.05) is 29.1 Å². The van der Waals surface area contributed by atoms with E-state index in [0.717, 1.165) is 28.7 Å². The Morgan fingerprint density at radius 3 is 2.28 bits per heavy atom. The predicted molar refractivity (Wildman–Crippen MR) is 148 cm³/mol. The van der Waals surface area contributed by atoms with E-state index in [-0.39, 0.29) is 30.8 Å². The molecule has 0 unspecified atom stereocenters. The third-order valence-electron chi connectivity index (χ3n) is 6.55. The molecule has 0 aliphatic heterocycles. The van der Waals surface area contributed by atoms with Crippen LogP contribution in [-0.4, -0.2) is 28.8 Å². The minimum Gasteiger partial charge on any atom is -0.352 e. The normalized spacial score (nSPS) is 12.6. The van der Waals surface area contributed by atoms with E-state index in [2.05, 4.69) is 5.32 Å². The number of halogens is 2. The molecule has 4 nitrogen and oxygen atoms in total.